The lowest BCUT2D eigenvalue weighted by Gasteiger charge is -2.26. The van der Waals surface area contributed by atoms with E-state index in [0.29, 0.717) is 32.9 Å². The molecule has 4 aromatic rings. The third kappa shape index (κ3) is 4.54. The van der Waals surface area contributed by atoms with Crippen molar-refractivity contribution in [3.05, 3.63) is 53.1 Å². The number of anilines is 1. The highest BCUT2D eigenvalue weighted by molar-refractivity contribution is 7.86. The minimum absolute atomic E-state index is 0.0687. The molecule has 10 nitrogen and oxygen atoms in total. The molecule has 0 fully saturated rings. The summed E-state index contributed by atoms with van der Waals surface area (Å²) in [5.41, 5.74) is 0.447. The predicted molar refractivity (Wildman–Crippen MR) is 130 cm³/mol. The Hall–Kier alpha value is -3.13. The topological polar surface area (TPSA) is 138 Å². The normalized spacial score (nSPS) is 13.8. The third-order valence-electron chi connectivity index (χ3n) is 5.71. The fraction of sp³-hybridized carbons (Fsp3) is 0.318. The molecule has 0 aliphatic carbocycles. The van der Waals surface area contributed by atoms with Gasteiger partial charge in [0.2, 0.25) is 11.8 Å². The Labute approximate surface area is 211 Å². The summed E-state index contributed by atoms with van der Waals surface area (Å²) in [6, 6.07) is 5.08. The summed E-state index contributed by atoms with van der Waals surface area (Å²) in [4.78, 5) is 11.6. The molecule has 2 unspecified atom stereocenters. The van der Waals surface area contributed by atoms with Crippen LogP contribution in [0.1, 0.15) is 37.4 Å². The van der Waals surface area contributed by atoms with E-state index in [2.05, 4.69) is 24.8 Å². The van der Waals surface area contributed by atoms with Crippen molar-refractivity contribution in [2.75, 3.05) is 11.8 Å². The molecule has 36 heavy (non-hydrogen) atoms. The molecule has 3 aromatic heterocycles. The summed E-state index contributed by atoms with van der Waals surface area (Å²) in [5, 5.41) is 25.4. The van der Waals surface area contributed by atoms with Crippen molar-refractivity contribution in [2.45, 2.75) is 43.3 Å². The molecule has 0 saturated carbocycles. The van der Waals surface area contributed by atoms with Gasteiger partial charge in [0.1, 0.15) is 11.3 Å². The number of aromatic amines is 1. The second-order valence-electron chi connectivity index (χ2n) is 7.95. The average Bonchev–Trinajstić information content (AvgIpc) is 3.53. The highest BCUT2D eigenvalue weighted by Crippen LogP contribution is 2.38. The second kappa shape index (κ2) is 10.1. The van der Waals surface area contributed by atoms with Gasteiger partial charge in [0.05, 0.1) is 28.2 Å². The molecule has 4 N–H and O–H groups in total. The van der Waals surface area contributed by atoms with Crippen LogP contribution in [0.2, 0.25) is 5.02 Å². The van der Waals surface area contributed by atoms with Crippen molar-refractivity contribution in [3.8, 4) is 11.6 Å². The quantitative estimate of drug-likeness (QED) is 0.236. The van der Waals surface area contributed by atoms with Crippen LogP contribution in [-0.4, -0.2) is 52.7 Å². The SMILES string of the molecule is CCC(C)c1nc(NS(=O)c2c[nH]c3c(-n4cccn4)c(Cl)ccc23)nc(OC)c1C(O)(O)C(F)F. The van der Waals surface area contributed by atoms with E-state index in [4.69, 9.17) is 16.3 Å². The van der Waals surface area contributed by atoms with Gasteiger partial charge in [-0.15, -0.1) is 0 Å². The number of methoxy groups -OCH3 is 1. The van der Waals surface area contributed by atoms with Crippen LogP contribution in [0.25, 0.3) is 16.6 Å². The van der Waals surface area contributed by atoms with Crippen molar-refractivity contribution < 1.29 is 27.9 Å². The van der Waals surface area contributed by atoms with Crippen molar-refractivity contribution >= 4 is 39.4 Å². The number of ether oxygens (including phenoxy) is 1. The first kappa shape index (κ1) is 25.9. The lowest BCUT2D eigenvalue weighted by atomic mass is 9.95. The van der Waals surface area contributed by atoms with Crippen LogP contribution in [0.4, 0.5) is 14.7 Å². The van der Waals surface area contributed by atoms with E-state index < -0.39 is 40.6 Å². The molecule has 0 amide bonds. The average molecular weight is 541 g/mol. The lowest BCUT2D eigenvalue weighted by molar-refractivity contribution is -0.250. The van der Waals surface area contributed by atoms with E-state index in [-0.39, 0.29) is 11.6 Å². The van der Waals surface area contributed by atoms with Crippen molar-refractivity contribution in [3.63, 3.8) is 0 Å². The van der Waals surface area contributed by atoms with Crippen LogP contribution in [0.3, 0.4) is 0 Å². The monoisotopic (exact) mass is 540 g/mol. The molecule has 14 heteroatoms. The molecular formula is C22H23ClF2N6O4S. The van der Waals surface area contributed by atoms with Gasteiger partial charge in [0.25, 0.3) is 12.2 Å². The number of rotatable bonds is 9. The lowest BCUT2D eigenvalue weighted by Crippen LogP contribution is -2.36. The number of benzene rings is 1. The molecule has 0 saturated heterocycles. The van der Waals surface area contributed by atoms with Crippen molar-refractivity contribution in [2.24, 2.45) is 0 Å². The summed E-state index contributed by atoms with van der Waals surface area (Å²) < 4.78 is 49.6. The number of hydrogen-bond acceptors (Lipinski definition) is 7. The van der Waals surface area contributed by atoms with Crippen LogP contribution >= 0.6 is 11.6 Å². The number of H-pyrrole nitrogens is 1. The first-order valence-corrected chi connectivity index (χ1v) is 12.3. The molecule has 4 rings (SSSR count). The molecule has 0 spiro atoms. The van der Waals surface area contributed by atoms with E-state index >= 15 is 0 Å². The Bertz CT molecular complexity index is 1410. The van der Waals surface area contributed by atoms with Gasteiger partial charge >= 0.3 is 0 Å². The predicted octanol–water partition coefficient (Wildman–Crippen LogP) is 3.86. The number of aliphatic hydroxyl groups is 2. The molecular weight excluding hydrogens is 518 g/mol. The number of fused-ring (bicyclic) bond motifs is 1. The zero-order chi connectivity index (χ0) is 26.2. The van der Waals surface area contributed by atoms with Gasteiger partial charge in [0, 0.05) is 24.0 Å². The Morgan fingerprint density at radius 2 is 2.08 bits per heavy atom. The van der Waals surface area contributed by atoms with Crippen molar-refractivity contribution in [1.82, 2.24) is 24.7 Å². The van der Waals surface area contributed by atoms with Crippen LogP contribution in [-0.2, 0) is 16.8 Å². The first-order chi connectivity index (χ1) is 17.1. The van der Waals surface area contributed by atoms with E-state index in [9.17, 15) is 23.2 Å². The van der Waals surface area contributed by atoms with E-state index in [1.54, 1.807) is 49.1 Å². The number of alkyl halides is 2. The highest BCUT2D eigenvalue weighted by atomic mass is 35.5. The molecule has 3 heterocycles. The fourth-order valence-electron chi connectivity index (χ4n) is 3.70. The van der Waals surface area contributed by atoms with Crippen LogP contribution in [0.15, 0.2) is 41.7 Å². The van der Waals surface area contributed by atoms with Gasteiger partial charge in [-0.3, -0.25) is 4.72 Å². The Morgan fingerprint density at radius 3 is 2.69 bits per heavy atom. The zero-order valence-corrected chi connectivity index (χ0v) is 20.9. The van der Waals surface area contributed by atoms with Crippen LogP contribution in [0, 0.1) is 0 Å². The van der Waals surface area contributed by atoms with Crippen LogP contribution in [0.5, 0.6) is 5.88 Å². The van der Waals surface area contributed by atoms with E-state index in [1.165, 1.54) is 6.20 Å². The van der Waals surface area contributed by atoms with Gasteiger partial charge in [-0.1, -0.05) is 25.4 Å². The Morgan fingerprint density at radius 1 is 1.33 bits per heavy atom. The maximum absolute atomic E-state index is 13.5. The number of aromatic nitrogens is 5. The zero-order valence-electron chi connectivity index (χ0n) is 19.4. The minimum Gasteiger partial charge on any atom is -0.481 e. The maximum atomic E-state index is 13.5. The first-order valence-electron chi connectivity index (χ1n) is 10.8. The second-order valence-corrected chi connectivity index (χ2v) is 9.53. The fourth-order valence-corrected chi connectivity index (χ4v) is 4.85. The Balaban J connectivity index is 1.77. The number of hydrogen-bond donors (Lipinski definition) is 4. The van der Waals surface area contributed by atoms with Crippen LogP contribution < -0.4 is 9.46 Å². The molecule has 2 atom stereocenters. The maximum Gasteiger partial charge on any atom is 0.296 e. The van der Waals surface area contributed by atoms with Gasteiger partial charge < -0.3 is 19.9 Å². The van der Waals surface area contributed by atoms with Gasteiger partial charge in [-0.05, 0) is 30.5 Å². The smallest absolute Gasteiger partial charge is 0.296 e. The number of halogens is 3. The summed E-state index contributed by atoms with van der Waals surface area (Å²) >= 11 is 6.38. The number of nitrogens with one attached hydrogen (secondary N) is 2. The molecule has 0 bridgehead atoms. The molecule has 0 aliphatic heterocycles. The Kier molecular flexibility index (Phi) is 7.27. The largest absolute Gasteiger partial charge is 0.481 e. The van der Waals surface area contributed by atoms with Gasteiger partial charge in [-0.2, -0.15) is 10.1 Å². The summed E-state index contributed by atoms with van der Waals surface area (Å²) in [7, 11) is -0.770. The highest BCUT2D eigenvalue weighted by Gasteiger charge is 2.44. The minimum atomic E-state index is -3.55. The number of nitrogens with zero attached hydrogens (tertiary/aromatic N) is 4. The van der Waals surface area contributed by atoms with E-state index in [1.807, 2.05) is 0 Å². The van der Waals surface area contributed by atoms with Gasteiger partial charge in [-0.25, -0.2) is 22.7 Å². The van der Waals surface area contributed by atoms with Gasteiger partial charge in [0.15, 0.2) is 11.0 Å². The standard InChI is InChI=1S/C22H23ClF2N6O4S/c1-4-11(2)16-15(22(32,33)20(24)25)19(35-3)29-21(28-16)30-36(34)14-10-26-17-12(14)6-7-13(23)18(17)31-9-5-8-27-31/h5-11,20,26,32-33H,4H2,1-3H3,(H,28,29,30). The summed E-state index contributed by atoms with van der Waals surface area (Å²) in [6.07, 6.45) is 1.74. The van der Waals surface area contributed by atoms with E-state index in [0.717, 1.165) is 7.11 Å². The molecule has 0 aliphatic rings. The summed E-state index contributed by atoms with van der Waals surface area (Å²) in [6.45, 7) is 3.45. The molecule has 1 aromatic carbocycles. The molecule has 0 radical (unpaired) electrons. The van der Waals surface area contributed by atoms with Crippen molar-refractivity contribution in [1.29, 1.82) is 0 Å². The summed E-state index contributed by atoms with van der Waals surface area (Å²) in [5.74, 6) is -4.70. The third-order valence-corrected chi connectivity index (χ3v) is 7.12. The molecule has 192 valence electrons.